The molecule has 0 aromatic heterocycles. The molecule has 0 saturated carbocycles. The van der Waals surface area contributed by atoms with E-state index in [2.05, 4.69) is 51.7 Å². The lowest BCUT2D eigenvalue weighted by molar-refractivity contribution is -0.135. The minimum Gasteiger partial charge on any atom is -0.402 e. The van der Waals surface area contributed by atoms with Gasteiger partial charge >= 0.3 is 0 Å². The summed E-state index contributed by atoms with van der Waals surface area (Å²) in [5.41, 5.74) is 11.1. The van der Waals surface area contributed by atoms with E-state index in [0.717, 1.165) is 43.6 Å². The number of amides is 2. The van der Waals surface area contributed by atoms with Crippen LogP contribution in [-0.4, -0.2) is 71.8 Å². The van der Waals surface area contributed by atoms with Crippen molar-refractivity contribution in [1.82, 2.24) is 20.0 Å². The van der Waals surface area contributed by atoms with Crippen LogP contribution in [0, 0.1) is 11.3 Å². The third-order valence-electron chi connectivity index (χ3n) is 8.96. The van der Waals surface area contributed by atoms with E-state index < -0.39 is 0 Å². The average Bonchev–Trinajstić information content (AvgIpc) is 3.45. The zero-order valence-electron chi connectivity index (χ0n) is 21.7. The molecule has 0 bridgehead atoms. The Bertz CT molecular complexity index is 1030. The van der Waals surface area contributed by atoms with Gasteiger partial charge in [-0.1, -0.05) is 25.7 Å². The molecular formula is C29H41N5O2. The molecule has 7 heteroatoms. The first-order valence-corrected chi connectivity index (χ1v) is 13.7. The van der Waals surface area contributed by atoms with Crippen molar-refractivity contribution in [2.45, 2.75) is 57.9 Å². The Labute approximate surface area is 215 Å². The number of piperidine rings is 1. The minimum absolute atomic E-state index is 0.182. The highest BCUT2D eigenvalue weighted by Crippen LogP contribution is 2.43. The van der Waals surface area contributed by atoms with Gasteiger partial charge in [-0.15, -0.1) is 0 Å². The number of nitrogens with two attached hydrogens (primary N) is 1. The van der Waals surface area contributed by atoms with Crippen LogP contribution < -0.4 is 11.1 Å². The van der Waals surface area contributed by atoms with Gasteiger partial charge in [0.05, 0.1) is 5.92 Å². The molecule has 7 nitrogen and oxygen atoms in total. The first kappa shape index (κ1) is 24.9. The number of carbonyl (C=O) groups is 2. The predicted molar refractivity (Wildman–Crippen MR) is 142 cm³/mol. The molecule has 0 radical (unpaired) electrons. The average molecular weight is 492 g/mol. The molecule has 1 aliphatic carbocycles. The molecule has 0 aromatic rings. The number of hydrogen-bond donors (Lipinski definition) is 2. The number of imide groups is 1. The number of nitrogens with one attached hydrogen (secondary N) is 1. The van der Waals surface area contributed by atoms with Crippen molar-refractivity contribution in [3.8, 4) is 0 Å². The van der Waals surface area contributed by atoms with Crippen molar-refractivity contribution in [2.24, 2.45) is 17.1 Å². The second kappa shape index (κ2) is 10.3. The normalized spacial score (nSPS) is 30.4. The SMILES string of the molecule is C=C/C(=C\C=C(/CC)N1CC(N2CCC3(CCN(C4=CC=C(N)CC4)C3)C2)C1)C1CCC(=O)NC1=O. The Balaban J connectivity index is 1.15. The lowest BCUT2D eigenvalue weighted by Crippen LogP contribution is -2.58. The first-order valence-electron chi connectivity index (χ1n) is 13.7. The number of carbonyl (C=O) groups excluding carboxylic acids is 2. The van der Waals surface area contributed by atoms with Gasteiger partial charge in [0, 0.05) is 67.7 Å². The fourth-order valence-corrected chi connectivity index (χ4v) is 6.60. The summed E-state index contributed by atoms with van der Waals surface area (Å²) in [5, 5.41) is 2.45. The Hall–Kier alpha value is -2.80. The van der Waals surface area contributed by atoms with E-state index in [1.165, 1.54) is 50.4 Å². The van der Waals surface area contributed by atoms with E-state index in [-0.39, 0.29) is 17.7 Å². The molecule has 1 spiro atoms. The van der Waals surface area contributed by atoms with Gasteiger partial charge in [-0.25, -0.2) is 0 Å². The Morgan fingerprint density at radius 3 is 2.64 bits per heavy atom. The summed E-state index contributed by atoms with van der Waals surface area (Å²) in [6, 6.07) is 0.628. The highest BCUT2D eigenvalue weighted by atomic mass is 16.2. The van der Waals surface area contributed by atoms with Gasteiger partial charge in [0.2, 0.25) is 11.8 Å². The summed E-state index contributed by atoms with van der Waals surface area (Å²) in [6.45, 7) is 13.0. The van der Waals surface area contributed by atoms with Crippen molar-refractivity contribution in [2.75, 3.05) is 39.3 Å². The maximum atomic E-state index is 12.3. The monoisotopic (exact) mass is 491 g/mol. The van der Waals surface area contributed by atoms with E-state index in [9.17, 15) is 9.59 Å². The minimum atomic E-state index is -0.289. The zero-order chi connectivity index (χ0) is 25.3. The Morgan fingerprint density at radius 2 is 1.94 bits per heavy atom. The summed E-state index contributed by atoms with van der Waals surface area (Å²) >= 11 is 0. The number of nitrogens with zero attached hydrogens (tertiary/aromatic N) is 3. The summed E-state index contributed by atoms with van der Waals surface area (Å²) in [4.78, 5) is 31.6. The highest BCUT2D eigenvalue weighted by molar-refractivity contribution is 6.00. The topological polar surface area (TPSA) is 81.9 Å². The van der Waals surface area contributed by atoms with Crippen LogP contribution in [-0.2, 0) is 9.59 Å². The predicted octanol–water partition coefficient (Wildman–Crippen LogP) is 3.05. The van der Waals surface area contributed by atoms with Crippen LogP contribution in [0.1, 0.15) is 51.9 Å². The van der Waals surface area contributed by atoms with Crippen molar-refractivity contribution in [3.05, 3.63) is 59.6 Å². The molecule has 2 atom stereocenters. The molecule has 2 unspecified atom stereocenters. The van der Waals surface area contributed by atoms with Crippen LogP contribution >= 0.6 is 0 Å². The van der Waals surface area contributed by atoms with E-state index in [1.54, 1.807) is 6.08 Å². The van der Waals surface area contributed by atoms with Crippen LogP contribution in [0.25, 0.3) is 0 Å². The largest absolute Gasteiger partial charge is 0.402 e. The highest BCUT2D eigenvalue weighted by Gasteiger charge is 2.47. The molecule has 4 fully saturated rings. The first-order chi connectivity index (χ1) is 17.4. The van der Waals surface area contributed by atoms with E-state index >= 15 is 0 Å². The van der Waals surface area contributed by atoms with Gasteiger partial charge in [0.1, 0.15) is 0 Å². The summed E-state index contributed by atoms with van der Waals surface area (Å²) in [5.74, 6) is -0.677. The van der Waals surface area contributed by atoms with Gasteiger partial charge in [-0.05, 0) is 68.9 Å². The van der Waals surface area contributed by atoms with E-state index in [0.29, 0.717) is 24.3 Å². The second-order valence-electron chi connectivity index (χ2n) is 11.2. The van der Waals surface area contributed by atoms with E-state index in [1.807, 2.05) is 6.08 Å². The number of allylic oxidation sites excluding steroid dienone is 8. The molecule has 194 valence electrons. The van der Waals surface area contributed by atoms with Crippen molar-refractivity contribution < 1.29 is 9.59 Å². The van der Waals surface area contributed by atoms with Gasteiger partial charge in [-0.2, -0.15) is 0 Å². The number of rotatable bonds is 7. The zero-order valence-corrected chi connectivity index (χ0v) is 21.7. The quantitative estimate of drug-likeness (QED) is 0.421. The standard InChI is InChI=1S/C29H41N5O2/c1-3-21(26-11-12-27(35)31-28(26)36)5-8-23(4-2)34-17-25(18-34)33-16-14-29(20-33)13-15-32(19-29)24-9-6-22(30)7-10-24/h3,5-6,8-9,25-26H,1,4,7,10-20,30H2,2H3,(H,31,35,36)/b21-5+,23-8+. The van der Waals surface area contributed by atoms with Crippen LogP contribution in [0.15, 0.2) is 59.6 Å². The second-order valence-corrected chi connectivity index (χ2v) is 11.2. The summed E-state index contributed by atoms with van der Waals surface area (Å²) < 4.78 is 0. The molecule has 5 rings (SSSR count). The van der Waals surface area contributed by atoms with Gasteiger partial charge < -0.3 is 15.5 Å². The molecule has 3 N–H and O–H groups in total. The maximum Gasteiger partial charge on any atom is 0.234 e. The molecule has 4 saturated heterocycles. The molecule has 2 amide bonds. The lowest BCUT2D eigenvalue weighted by Gasteiger charge is -2.47. The lowest BCUT2D eigenvalue weighted by atomic mass is 9.86. The molecule has 4 aliphatic heterocycles. The fourth-order valence-electron chi connectivity index (χ4n) is 6.60. The van der Waals surface area contributed by atoms with Crippen molar-refractivity contribution in [3.63, 3.8) is 0 Å². The summed E-state index contributed by atoms with van der Waals surface area (Å²) in [6.07, 6.45) is 16.8. The summed E-state index contributed by atoms with van der Waals surface area (Å²) in [7, 11) is 0. The van der Waals surface area contributed by atoms with E-state index in [4.69, 9.17) is 5.73 Å². The number of hydrogen-bond acceptors (Lipinski definition) is 6. The molecule has 5 aliphatic rings. The van der Waals surface area contributed by atoms with Crippen LogP contribution in [0.3, 0.4) is 0 Å². The Morgan fingerprint density at radius 1 is 1.14 bits per heavy atom. The molecule has 36 heavy (non-hydrogen) atoms. The fraction of sp³-hybridized carbons (Fsp3) is 0.586. The molecular weight excluding hydrogens is 450 g/mol. The van der Waals surface area contributed by atoms with Gasteiger partial charge in [0.25, 0.3) is 0 Å². The van der Waals surface area contributed by atoms with Crippen LogP contribution in [0.2, 0.25) is 0 Å². The third-order valence-corrected chi connectivity index (χ3v) is 8.96. The molecule has 4 heterocycles. The third kappa shape index (κ3) is 5.03. The van der Waals surface area contributed by atoms with Crippen LogP contribution in [0.5, 0.6) is 0 Å². The van der Waals surface area contributed by atoms with Crippen LogP contribution in [0.4, 0.5) is 0 Å². The molecule has 0 aromatic carbocycles. The van der Waals surface area contributed by atoms with Crippen molar-refractivity contribution >= 4 is 11.8 Å². The smallest absolute Gasteiger partial charge is 0.234 e. The van der Waals surface area contributed by atoms with Gasteiger partial charge in [0.15, 0.2) is 0 Å². The number of likely N-dealkylation sites (tertiary alicyclic amines) is 3. The van der Waals surface area contributed by atoms with Gasteiger partial charge in [-0.3, -0.25) is 19.8 Å². The Kier molecular flexibility index (Phi) is 7.11. The maximum absolute atomic E-state index is 12.3. The van der Waals surface area contributed by atoms with Crippen molar-refractivity contribution in [1.29, 1.82) is 0 Å².